The average Bonchev–Trinajstić information content (AvgIpc) is 2.96. The van der Waals surface area contributed by atoms with E-state index in [0.717, 1.165) is 12.1 Å². The number of carbonyl (C=O) groups is 1. The molecule has 2 rings (SSSR count). The van der Waals surface area contributed by atoms with Gasteiger partial charge in [-0.2, -0.15) is 8.78 Å². The maximum Gasteiger partial charge on any atom is 0.387 e. The summed E-state index contributed by atoms with van der Waals surface area (Å²) in [6.07, 6.45) is 0.673. The van der Waals surface area contributed by atoms with Crippen LogP contribution in [0.25, 0.3) is 0 Å². The van der Waals surface area contributed by atoms with Crippen molar-refractivity contribution in [2.45, 2.75) is 20.0 Å². The summed E-state index contributed by atoms with van der Waals surface area (Å²) in [6, 6.07) is 1.83. The molecule has 1 atom stereocenters. The zero-order chi connectivity index (χ0) is 18.8. The fourth-order valence-corrected chi connectivity index (χ4v) is 2.75. The van der Waals surface area contributed by atoms with Crippen LogP contribution in [0.5, 0.6) is 11.5 Å². The third-order valence-electron chi connectivity index (χ3n) is 4.26. The van der Waals surface area contributed by atoms with Gasteiger partial charge in [-0.05, 0) is 18.4 Å². The lowest BCUT2D eigenvalue weighted by atomic mass is 9.90. The highest BCUT2D eigenvalue weighted by Crippen LogP contribution is 2.37. The van der Waals surface area contributed by atoms with E-state index in [1.807, 2.05) is 6.92 Å². The molecule has 0 spiro atoms. The molecule has 1 fully saturated rings. The number of likely N-dealkylation sites (tertiary alicyclic amines) is 1. The summed E-state index contributed by atoms with van der Waals surface area (Å²) in [5.41, 5.74) is 4.58. The van der Waals surface area contributed by atoms with Gasteiger partial charge in [0.05, 0.1) is 18.1 Å². The SMILES string of the molecule is COc1cc(C(=O)N2CCC(C)(CN)C2)c([N+](=O)[O-])cc1OC(F)F. The van der Waals surface area contributed by atoms with Crippen molar-refractivity contribution in [3.63, 3.8) is 0 Å². The fourth-order valence-electron chi connectivity index (χ4n) is 2.75. The van der Waals surface area contributed by atoms with Gasteiger partial charge in [0.15, 0.2) is 11.5 Å². The summed E-state index contributed by atoms with van der Waals surface area (Å²) >= 11 is 0. The van der Waals surface area contributed by atoms with Crippen LogP contribution in [0.15, 0.2) is 12.1 Å². The number of hydrogen-bond acceptors (Lipinski definition) is 6. The highest BCUT2D eigenvalue weighted by molar-refractivity contribution is 5.99. The van der Waals surface area contributed by atoms with E-state index >= 15 is 0 Å². The normalized spacial score (nSPS) is 20.0. The molecule has 1 amide bonds. The molecular weight excluding hydrogens is 340 g/mol. The number of nitrogens with zero attached hydrogens (tertiary/aromatic N) is 2. The maximum atomic E-state index is 12.7. The van der Waals surface area contributed by atoms with E-state index in [-0.39, 0.29) is 16.7 Å². The number of hydrogen-bond donors (Lipinski definition) is 1. The lowest BCUT2D eigenvalue weighted by Crippen LogP contribution is -2.34. The van der Waals surface area contributed by atoms with Crippen LogP contribution in [-0.4, -0.2) is 49.1 Å². The topological polar surface area (TPSA) is 108 Å². The standard InChI is InChI=1S/C15H19F2N3O5/c1-15(7-18)3-4-19(8-15)13(21)9-5-11(24-2)12(25-14(16)17)6-10(9)20(22)23/h5-6,14H,3-4,7-8,18H2,1-2H3. The highest BCUT2D eigenvalue weighted by atomic mass is 19.3. The molecule has 1 heterocycles. The Morgan fingerprint density at radius 3 is 2.64 bits per heavy atom. The second-order valence-corrected chi connectivity index (χ2v) is 6.15. The summed E-state index contributed by atoms with van der Waals surface area (Å²) < 4.78 is 34.1. The third-order valence-corrected chi connectivity index (χ3v) is 4.26. The minimum Gasteiger partial charge on any atom is -0.493 e. The summed E-state index contributed by atoms with van der Waals surface area (Å²) in [5.74, 6) is -1.27. The molecular formula is C15H19F2N3O5. The number of halogens is 2. The second-order valence-electron chi connectivity index (χ2n) is 6.15. The Hall–Kier alpha value is -2.49. The molecule has 8 nitrogen and oxygen atoms in total. The summed E-state index contributed by atoms with van der Waals surface area (Å²) in [6.45, 7) is -0.116. The molecule has 1 unspecified atom stereocenters. The molecule has 1 aliphatic heterocycles. The van der Waals surface area contributed by atoms with Gasteiger partial charge in [0.2, 0.25) is 0 Å². The van der Waals surface area contributed by atoms with Gasteiger partial charge in [-0.1, -0.05) is 6.92 Å². The van der Waals surface area contributed by atoms with Gasteiger partial charge in [-0.15, -0.1) is 0 Å². The number of alkyl halides is 2. The first kappa shape index (κ1) is 18.8. The van der Waals surface area contributed by atoms with Crippen LogP contribution in [0, 0.1) is 15.5 Å². The predicted molar refractivity (Wildman–Crippen MR) is 84.0 cm³/mol. The molecule has 1 saturated heterocycles. The first-order valence-corrected chi connectivity index (χ1v) is 7.51. The van der Waals surface area contributed by atoms with Crippen molar-refractivity contribution < 1.29 is 28.0 Å². The Bertz CT molecular complexity index is 685. The number of carbonyl (C=O) groups excluding carboxylic acids is 1. The molecule has 1 aliphatic rings. The van der Waals surface area contributed by atoms with Crippen LogP contribution < -0.4 is 15.2 Å². The van der Waals surface area contributed by atoms with Crippen molar-refractivity contribution in [1.82, 2.24) is 4.90 Å². The number of nitro benzene ring substituents is 1. The van der Waals surface area contributed by atoms with E-state index in [1.165, 1.54) is 12.0 Å². The van der Waals surface area contributed by atoms with Gasteiger partial charge in [0.1, 0.15) is 5.56 Å². The molecule has 0 radical (unpaired) electrons. The molecule has 2 N–H and O–H groups in total. The second kappa shape index (κ2) is 7.18. The molecule has 10 heteroatoms. The van der Waals surface area contributed by atoms with E-state index < -0.39 is 28.9 Å². The minimum atomic E-state index is -3.18. The quantitative estimate of drug-likeness (QED) is 0.615. The van der Waals surface area contributed by atoms with Gasteiger partial charge in [-0.3, -0.25) is 14.9 Å². The molecule has 1 aromatic carbocycles. The summed E-state index contributed by atoms with van der Waals surface area (Å²) in [5, 5.41) is 11.3. The van der Waals surface area contributed by atoms with Gasteiger partial charge in [0.25, 0.3) is 11.6 Å². The van der Waals surface area contributed by atoms with Crippen LogP contribution in [0.3, 0.4) is 0 Å². The number of benzene rings is 1. The van der Waals surface area contributed by atoms with Crippen molar-refractivity contribution in [1.29, 1.82) is 0 Å². The smallest absolute Gasteiger partial charge is 0.387 e. The predicted octanol–water partition coefficient (Wildman–Crippen LogP) is 2.02. The zero-order valence-corrected chi connectivity index (χ0v) is 13.8. The monoisotopic (exact) mass is 359 g/mol. The lowest BCUT2D eigenvalue weighted by molar-refractivity contribution is -0.385. The van der Waals surface area contributed by atoms with Crippen molar-refractivity contribution in [2.75, 3.05) is 26.7 Å². The highest BCUT2D eigenvalue weighted by Gasteiger charge is 2.37. The van der Waals surface area contributed by atoms with Gasteiger partial charge >= 0.3 is 6.61 Å². The largest absolute Gasteiger partial charge is 0.493 e. The molecule has 0 aromatic heterocycles. The number of nitrogens with two attached hydrogens (primary N) is 1. The molecule has 0 saturated carbocycles. The summed E-state index contributed by atoms with van der Waals surface area (Å²) in [4.78, 5) is 24.7. The number of ether oxygens (including phenoxy) is 2. The van der Waals surface area contributed by atoms with E-state index in [1.54, 1.807) is 0 Å². The molecule has 25 heavy (non-hydrogen) atoms. The van der Waals surface area contributed by atoms with E-state index in [9.17, 15) is 23.7 Å². The number of amides is 1. The molecule has 0 bridgehead atoms. The van der Waals surface area contributed by atoms with Gasteiger partial charge in [-0.25, -0.2) is 0 Å². The Kier molecular flexibility index (Phi) is 5.41. The number of rotatable bonds is 6. The zero-order valence-electron chi connectivity index (χ0n) is 13.8. The third kappa shape index (κ3) is 3.95. The first-order valence-electron chi connectivity index (χ1n) is 7.51. The van der Waals surface area contributed by atoms with Crippen molar-refractivity contribution in [3.05, 3.63) is 27.8 Å². The van der Waals surface area contributed by atoms with Gasteiger partial charge < -0.3 is 20.1 Å². The Labute approximate surface area is 142 Å². The van der Waals surface area contributed by atoms with E-state index in [4.69, 9.17) is 10.5 Å². The van der Waals surface area contributed by atoms with Crippen LogP contribution in [0.2, 0.25) is 0 Å². The average molecular weight is 359 g/mol. The van der Waals surface area contributed by atoms with Crippen LogP contribution in [0.1, 0.15) is 23.7 Å². The number of methoxy groups -OCH3 is 1. The Balaban J connectivity index is 2.42. The molecule has 1 aromatic rings. The first-order chi connectivity index (χ1) is 11.7. The van der Waals surface area contributed by atoms with Crippen LogP contribution >= 0.6 is 0 Å². The van der Waals surface area contributed by atoms with Gasteiger partial charge in [0, 0.05) is 19.2 Å². The fraction of sp³-hybridized carbons (Fsp3) is 0.533. The van der Waals surface area contributed by atoms with E-state index in [2.05, 4.69) is 4.74 Å². The molecule has 0 aliphatic carbocycles. The lowest BCUT2D eigenvalue weighted by Gasteiger charge is -2.22. The van der Waals surface area contributed by atoms with Crippen molar-refractivity contribution in [3.8, 4) is 11.5 Å². The van der Waals surface area contributed by atoms with Crippen LogP contribution in [0.4, 0.5) is 14.5 Å². The minimum absolute atomic E-state index is 0.185. The maximum absolute atomic E-state index is 12.7. The van der Waals surface area contributed by atoms with Crippen LogP contribution in [-0.2, 0) is 0 Å². The Morgan fingerprint density at radius 1 is 1.48 bits per heavy atom. The summed E-state index contributed by atoms with van der Waals surface area (Å²) in [7, 11) is 1.19. The van der Waals surface area contributed by atoms with E-state index in [0.29, 0.717) is 26.1 Å². The number of nitro groups is 1. The van der Waals surface area contributed by atoms with Crippen molar-refractivity contribution in [2.24, 2.45) is 11.1 Å². The van der Waals surface area contributed by atoms with Crippen molar-refractivity contribution >= 4 is 11.6 Å². The Morgan fingerprint density at radius 2 is 2.16 bits per heavy atom. The molecule has 138 valence electrons.